The largest absolute Gasteiger partial charge is 0.486 e. The number of hydrogen-bond donors (Lipinski definition) is 2. The number of carbonyl (C=O) groups excluding carboxylic acids is 1. The topological polar surface area (TPSA) is 103 Å². The molecular weight excluding hydrogens is 468 g/mol. The van der Waals surface area contributed by atoms with E-state index in [1.165, 1.54) is 12.1 Å². The summed E-state index contributed by atoms with van der Waals surface area (Å²) >= 11 is 5.93. The second kappa shape index (κ2) is 9.60. The third kappa shape index (κ3) is 5.68. The summed E-state index contributed by atoms with van der Waals surface area (Å²) in [7, 11) is -3.84. The monoisotopic (exact) mass is 488 g/mol. The lowest BCUT2D eigenvalue weighted by Crippen LogP contribution is -2.30. The number of anilines is 2. The molecule has 2 N–H and O–H groups in total. The quantitative estimate of drug-likeness (QED) is 0.513. The van der Waals surface area contributed by atoms with Gasteiger partial charge in [0, 0.05) is 22.5 Å². The first-order valence-electron chi connectivity index (χ1n) is 10.1. The van der Waals surface area contributed by atoms with Gasteiger partial charge in [-0.25, -0.2) is 8.42 Å². The number of carbonyl (C=O) groups is 1. The van der Waals surface area contributed by atoms with Gasteiger partial charge in [0.25, 0.3) is 15.9 Å². The Balaban J connectivity index is 1.38. The van der Waals surface area contributed by atoms with E-state index in [0.717, 1.165) is 0 Å². The molecule has 33 heavy (non-hydrogen) atoms. The van der Waals surface area contributed by atoms with Crippen LogP contribution in [0.25, 0.3) is 0 Å². The van der Waals surface area contributed by atoms with Crippen molar-refractivity contribution in [3.8, 4) is 17.2 Å². The Hall–Kier alpha value is -3.43. The molecule has 0 fully saturated rings. The number of sulfonamides is 1. The molecule has 1 heterocycles. The Kier molecular flexibility index (Phi) is 6.62. The second-order valence-corrected chi connectivity index (χ2v) is 9.31. The zero-order valence-electron chi connectivity index (χ0n) is 17.6. The van der Waals surface area contributed by atoms with E-state index in [-0.39, 0.29) is 10.8 Å². The summed E-state index contributed by atoms with van der Waals surface area (Å²) in [6, 6.07) is 17.5. The van der Waals surface area contributed by atoms with E-state index in [0.29, 0.717) is 46.9 Å². The van der Waals surface area contributed by atoms with Crippen LogP contribution in [0.1, 0.15) is 6.92 Å². The molecule has 1 aliphatic heterocycles. The molecule has 3 aromatic rings. The van der Waals surface area contributed by atoms with Gasteiger partial charge in [-0.1, -0.05) is 17.7 Å². The first-order valence-corrected chi connectivity index (χ1v) is 11.9. The lowest BCUT2D eigenvalue weighted by atomic mass is 10.2. The molecule has 172 valence electrons. The van der Waals surface area contributed by atoms with Crippen LogP contribution >= 0.6 is 11.6 Å². The molecule has 0 bridgehead atoms. The van der Waals surface area contributed by atoms with E-state index in [9.17, 15) is 13.2 Å². The van der Waals surface area contributed by atoms with E-state index in [1.807, 2.05) is 0 Å². The summed E-state index contributed by atoms with van der Waals surface area (Å²) in [5.41, 5.74) is 0.829. The van der Waals surface area contributed by atoms with Crippen LogP contribution in [-0.2, 0) is 14.8 Å². The van der Waals surface area contributed by atoms with Crippen LogP contribution in [0, 0.1) is 0 Å². The Morgan fingerprint density at radius 1 is 0.970 bits per heavy atom. The number of ether oxygens (including phenoxy) is 3. The Bertz CT molecular complexity index is 1260. The molecule has 4 rings (SSSR count). The van der Waals surface area contributed by atoms with E-state index in [2.05, 4.69) is 10.0 Å². The zero-order valence-corrected chi connectivity index (χ0v) is 19.2. The van der Waals surface area contributed by atoms with Crippen LogP contribution in [0.5, 0.6) is 17.2 Å². The minimum atomic E-state index is -3.84. The normalized spacial score (nSPS) is 13.6. The van der Waals surface area contributed by atoms with Gasteiger partial charge in [0.2, 0.25) is 0 Å². The van der Waals surface area contributed by atoms with Crippen molar-refractivity contribution >= 4 is 38.9 Å². The maximum absolute atomic E-state index is 12.7. The van der Waals surface area contributed by atoms with Crippen molar-refractivity contribution in [2.24, 2.45) is 0 Å². The molecule has 8 nitrogen and oxygen atoms in total. The summed E-state index contributed by atoms with van der Waals surface area (Å²) < 4.78 is 44.4. The number of halogens is 1. The molecule has 10 heteroatoms. The SMILES string of the molecule is C[C@H](Oc1cccc(Cl)c1)C(=O)Nc1ccc(NS(=O)(=O)c2ccc3c(c2)OCCO3)cc1. The molecule has 1 aliphatic rings. The molecule has 0 aromatic heterocycles. The summed E-state index contributed by atoms with van der Waals surface area (Å²) in [5.74, 6) is 1.01. The average Bonchev–Trinajstić information content (AvgIpc) is 2.80. The predicted octanol–water partition coefficient (Wildman–Crippen LogP) is 4.32. The lowest BCUT2D eigenvalue weighted by Gasteiger charge is -2.19. The third-order valence-electron chi connectivity index (χ3n) is 4.71. The van der Waals surface area contributed by atoms with Crippen LogP contribution in [0.15, 0.2) is 71.6 Å². The highest BCUT2D eigenvalue weighted by Gasteiger charge is 2.20. The Labute approximate surface area is 196 Å². The number of fused-ring (bicyclic) bond motifs is 1. The molecule has 0 spiro atoms. The van der Waals surface area contributed by atoms with Crippen molar-refractivity contribution in [3.05, 3.63) is 71.8 Å². The molecule has 3 aromatic carbocycles. The fourth-order valence-electron chi connectivity index (χ4n) is 3.07. The minimum absolute atomic E-state index is 0.0520. The maximum atomic E-state index is 12.7. The summed E-state index contributed by atoms with van der Waals surface area (Å²) in [4.78, 5) is 12.5. The fraction of sp³-hybridized carbons (Fsp3) is 0.174. The van der Waals surface area contributed by atoms with Crippen molar-refractivity contribution < 1.29 is 27.4 Å². The van der Waals surface area contributed by atoms with Gasteiger partial charge in [0.15, 0.2) is 17.6 Å². The molecule has 1 amide bonds. The van der Waals surface area contributed by atoms with E-state index in [4.69, 9.17) is 25.8 Å². The fourth-order valence-corrected chi connectivity index (χ4v) is 4.32. The molecular formula is C23H21ClN2O6S. The van der Waals surface area contributed by atoms with Gasteiger partial charge in [-0.15, -0.1) is 0 Å². The molecule has 0 saturated heterocycles. The first-order chi connectivity index (χ1) is 15.8. The van der Waals surface area contributed by atoms with Crippen molar-refractivity contribution in [1.82, 2.24) is 0 Å². The van der Waals surface area contributed by atoms with E-state index < -0.39 is 16.1 Å². The highest BCUT2D eigenvalue weighted by Crippen LogP contribution is 2.32. The molecule has 0 radical (unpaired) electrons. The Morgan fingerprint density at radius 3 is 2.39 bits per heavy atom. The summed E-state index contributed by atoms with van der Waals surface area (Å²) in [5, 5.41) is 3.24. The third-order valence-corrected chi connectivity index (χ3v) is 6.32. The van der Waals surface area contributed by atoms with Crippen LogP contribution < -0.4 is 24.2 Å². The van der Waals surface area contributed by atoms with Crippen molar-refractivity contribution in [1.29, 1.82) is 0 Å². The molecule has 1 atom stereocenters. The van der Waals surface area contributed by atoms with Gasteiger partial charge in [-0.3, -0.25) is 9.52 Å². The highest BCUT2D eigenvalue weighted by atomic mass is 35.5. The van der Waals surface area contributed by atoms with Crippen molar-refractivity contribution in [2.75, 3.05) is 23.3 Å². The molecule has 0 saturated carbocycles. The number of amides is 1. The second-order valence-electron chi connectivity index (χ2n) is 7.20. The summed E-state index contributed by atoms with van der Waals surface area (Å²) in [6.07, 6.45) is -0.767. The Morgan fingerprint density at radius 2 is 1.67 bits per heavy atom. The highest BCUT2D eigenvalue weighted by molar-refractivity contribution is 7.92. The van der Waals surface area contributed by atoms with Gasteiger partial charge in [0.1, 0.15) is 19.0 Å². The van der Waals surface area contributed by atoms with E-state index >= 15 is 0 Å². The standard InChI is InChI=1S/C23H21ClN2O6S/c1-15(32-19-4-2-3-16(24)13-19)23(27)25-17-5-7-18(8-6-17)26-33(28,29)20-9-10-21-22(14-20)31-12-11-30-21/h2-10,13-15,26H,11-12H2,1H3,(H,25,27)/t15-/m0/s1. The van der Waals surface area contributed by atoms with Gasteiger partial charge >= 0.3 is 0 Å². The van der Waals surface area contributed by atoms with Crippen LogP contribution in [-0.4, -0.2) is 33.6 Å². The van der Waals surface area contributed by atoms with Crippen LogP contribution in [0.4, 0.5) is 11.4 Å². The van der Waals surface area contributed by atoms with Gasteiger partial charge in [-0.05, 0) is 61.5 Å². The van der Waals surface area contributed by atoms with Gasteiger partial charge < -0.3 is 19.5 Å². The first kappa shape index (κ1) is 22.8. The lowest BCUT2D eigenvalue weighted by molar-refractivity contribution is -0.122. The van der Waals surface area contributed by atoms with E-state index in [1.54, 1.807) is 61.5 Å². The minimum Gasteiger partial charge on any atom is -0.486 e. The average molecular weight is 489 g/mol. The van der Waals surface area contributed by atoms with Crippen molar-refractivity contribution in [3.63, 3.8) is 0 Å². The zero-order chi connectivity index (χ0) is 23.4. The number of nitrogens with one attached hydrogen (secondary N) is 2. The molecule has 0 aliphatic carbocycles. The molecule has 0 unspecified atom stereocenters. The number of rotatable bonds is 7. The summed E-state index contributed by atoms with van der Waals surface area (Å²) in [6.45, 7) is 2.40. The smallest absolute Gasteiger partial charge is 0.265 e. The number of hydrogen-bond acceptors (Lipinski definition) is 6. The van der Waals surface area contributed by atoms with Gasteiger partial charge in [-0.2, -0.15) is 0 Å². The number of benzene rings is 3. The van der Waals surface area contributed by atoms with Crippen molar-refractivity contribution in [2.45, 2.75) is 17.9 Å². The van der Waals surface area contributed by atoms with Crippen LogP contribution in [0.2, 0.25) is 5.02 Å². The maximum Gasteiger partial charge on any atom is 0.265 e. The predicted molar refractivity (Wildman–Crippen MR) is 125 cm³/mol. The van der Waals surface area contributed by atoms with Gasteiger partial charge in [0.05, 0.1) is 4.90 Å². The van der Waals surface area contributed by atoms with Crippen LogP contribution in [0.3, 0.4) is 0 Å².